The van der Waals surface area contributed by atoms with Crippen molar-refractivity contribution in [3.05, 3.63) is 29.8 Å². The van der Waals surface area contributed by atoms with Crippen LogP contribution in [0.15, 0.2) is 29.2 Å². The van der Waals surface area contributed by atoms with E-state index in [0.29, 0.717) is 12.2 Å². The molecule has 1 rings (SSSR count). The van der Waals surface area contributed by atoms with Gasteiger partial charge in [0.25, 0.3) is 0 Å². The van der Waals surface area contributed by atoms with E-state index in [0.717, 1.165) is 0 Å². The Bertz CT molecular complexity index is 331. The van der Waals surface area contributed by atoms with Crippen LogP contribution in [-0.4, -0.2) is 11.7 Å². The zero-order valence-corrected chi connectivity index (χ0v) is 9.34. The predicted octanol–water partition coefficient (Wildman–Crippen LogP) is 1.40. The molecule has 0 aliphatic carbocycles. The number of hydrazine groups is 1. The predicted molar refractivity (Wildman–Crippen MR) is 59.9 cm³/mol. The van der Waals surface area contributed by atoms with Crippen LogP contribution in [-0.2, 0) is 9.63 Å². The van der Waals surface area contributed by atoms with E-state index in [2.05, 4.69) is 4.84 Å². The number of benzene rings is 1. The molecule has 0 amide bonds. The summed E-state index contributed by atoms with van der Waals surface area (Å²) in [6, 6.07) is 8.05. The molecule has 0 atom stereocenters. The quantitative estimate of drug-likeness (QED) is 0.451. The Kier molecular flexibility index (Phi) is 5.17. The van der Waals surface area contributed by atoms with Gasteiger partial charge < -0.3 is 4.84 Å². The fraction of sp³-hybridized carbons (Fsp3) is 0.300. The van der Waals surface area contributed by atoms with Gasteiger partial charge in [0.05, 0.1) is 6.42 Å². The van der Waals surface area contributed by atoms with E-state index in [1.165, 1.54) is 10.5 Å². The molecule has 0 aliphatic heterocycles. The van der Waals surface area contributed by atoms with E-state index in [9.17, 15) is 4.79 Å². The molecule has 0 bridgehead atoms. The summed E-state index contributed by atoms with van der Waals surface area (Å²) in [7, 11) is 0. The molecule has 0 saturated carbocycles. The van der Waals surface area contributed by atoms with Crippen molar-refractivity contribution in [2.24, 2.45) is 5.84 Å². The summed E-state index contributed by atoms with van der Waals surface area (Å²) >= 11 is 1.63. The van der Waals surface area contributed by atoms with Crippen LogP contribution >= 0.6 is 11.8 Å². The number of aryl methyl sites for hydroxylation is 1. The zero-order chi connectivity index (χ0) is 11.1. The second-order valence-corrected chi connectivity index (χ2v) is 4.09. The molecular weight excluding hydrogens is 212 g/mol. The molecule has 4 nitrogen and oxygen atoms in total. The van der Waals surface area contributed by atoms with Crippen LogP contribution < -0.4 is 11.4 Å². The third-order valence-electron chi connectivity index (χ3n) is 1.83. The summed E-state index contributed by atoms with van der Waals surface area (Å²) in [6.45, 7) is 2.04. The van der Waals surface area contributed by atoms with Gasteiger partial charge in [0.15, 0.2) is 0 Å². The van der Waals surface area contributed by atoms with Gasteiger partial charge in [-0.15, -0.1) is 11.8 Å². The molecule has 0 unspecified atom stereocenters. The molecule has 0 fully saturated rings. The van der Waals surface area contributed by atoms with E-state index in [1.54, 1.807) is 11.8 Å². The SMILES string of the molecule is Cc1ccccc1SCCC(=O)ONN. The Morgan fingerprint density at radius 3 is 2.93 bits per heavy atom. The third-order valence-corrected chi connectivity index (χ3v) is 3.01. The molecule has 0 aliphatic rings. The summed E-state index contributed by atoms with van der Waals surface area (Å²) in [4.78, 5) is 16.5. The fourth-order valence-electron chi connectivity index (χ4n) is 1.08. The monoisotopic (exact) mass is 226 g/mol. The van der Waals surface area contributed by atoms with Gasteiger partial charge in [0.1, 0.15) is 0 Å². The van der Waals surface area contributed by atoms with Crippen molar-refractivity contribution >= 4 is 17.7 Å². The summed E-state index contributed by atoms with van der Waals surface area (Å²) in [5, 5.41) is 0. The van der Waals surface area contributed by atoms with Gasteiger partial charge >= 0.3 is 5.97 Å². The largest absolute Gasteiger partial charge is 0.356 e. The number of thioether (sulfide) groups is 1. The van der Waals surface area contributed by atoms with E-state index < -0.39 is 0 Å². The molecule has 0 aromatic heterocycles. The minimum atomic E-state index is -0.349. The Morgan fingerprint density at radius 1 is 1.53 bits per heavy atom. The molecular formula is C10H14N2O2S. The van der Waals surface area contributed by atoms with Crippen LogP contribution in [0.25, 0.3) is 0 Å². The minimum Gasteiger partial charge on any atom is -0.356 e. The minimum absolute atomic E-state index is 0.337. The number of hydrogen-bond acceptors (Lipinski definition) is 5. The van der Waals surface area contributed by atoms with Crippen LogP contribution in [0.4, 0.5) is 0 Å². The molecule has 1 aromatic rings. The number of hydrogen-bond donors (Lipinski definition) is 2. The second kappa shape index (κ2) is 6.44. The average molecular weight is 226 g/mol. The second-order valence-electron chi connectivity index (χ2n) is 2.96. The Labute approximate surface area is 93.1 Å². The highest BCUT2D eigenvalue weighted by Crippen LogP contribution is 2.22. The highest BCUT2D eigenvalue weighted by molar-refractivity contribution is 7.99. The van der Waals surface area contributed by atoms with Gasteiger partial charge in [0, 0.05) is 10.6 Å². The Balaban J connectivity index is 2.32. The molecule has 82 valence electrons. The van der Waals surface area contributed by atoms with E-state index in [4.69, 9.17) is 5.84 Å². The highest BCUT2D eigenvalue weighted by atomic mass is 32.2. The maximum Gasteiger partial charge on any atom is 0.327 e. The van der Waals surface area contributed by atoms with Crippen molar-refractivity contribution in [2.75, 3.05) is 5.75 Å². The molecule has 5 heteroatoms. The first kappa shape index (κ1) is 12.0. The highest BCUT2D eigenvalue weighted by Gasteiger charge is 2.03. The molecule has 1 aromatic carbocycles. The third kappa shape index (κ3) is 4.33. The standard InChI is InChI=1S/C10H14N2O2S/c1-8-4-2-3-5-9(8)15-7-6-10(13)14-12-11/h2-5,12H,6-7,11H2,1H3. The van der Waals surface area contributed by atoms with Crippen molar-refractivity contribution in [2.45, 2.75) is 18.2 Å². The maximum absolute atomic E-state index is 10.9. The molecule has 0 radical (unpaired) electrons. The molecule has 15 heavy (non-hydrogen) atoms. The van der Waals surface area contributed by atoms with Crippen LogP contribution in [0, 0.1) is 6.92 Å². The number of carbonyl (C=O) groups excluding carboxylic acids is 1. The van der Waals surface area contributed by atoms with Crippen molar-refractivity contribution in [1.82, 2.24) is 5.59 Å². The van der Waals surface area contributed by atoms with Crippen LogP contribution in [0.5, 0.6) is 0 Å². The number of rotatable bonds is 5. The molecule has 0 spiro atoms. The normalized spacial score (nSPS) is 10.0. The van der Waals surface area contributed by atoms with Gasteiger partial charge in [-0.05, 0) is 18.6 Å². The number of nitrogens with two attached hydrogens (primary N) is 1. The summed E-state index contributed by atoms with van der Waals surface area (Å²) in [6.07, 6.45) is 0.337. The van der Waals surface area contributed by atoms with Crippen molar-refractivity contribution in [3.63, 3.8) is 0 Å². The van der Waals surface area contributed by atoms with Gasteiger partial charge in [0.2, 0.25) is 0 Å². The average Bonchev–Trinajstić information content (AvgIpc) is 2.21. The molecule has 0 heterocycles. The lowest BCUT2D eigenvalue weighted by atomic mass is 10.2. The van der Waals surface area contributed by atoms with E-state index in [-0.39, 0.29) is 5.97 Å². The number of carbonyl (C=O) groups is 1. The van der Waals surface area contributed by atoms with Crippen molar-refractivity contribution in [3.8, 4) is 0 Å². The van der Waals surface area contributed by atoms with Gasteiger partial charge in [-0.3, -0.25) is 4.79 Å². The smallest absolute Gasteiger partial charge is 0.327 e. The summed E-state index contributed by atoms with van der Waals surface area (Å²) in [5.74, 6) is 5.17. The van der Waals surface area contributed by atoms with E-state index >= 15 is 0 Å². The van der Waals surface area contributed by atoms with Gasteiger partial charge in [-0.1, -0.05) is 23.8 Å². The maximum atomic E-state index is 10.9. The van der Waals surface area contributed by atoms with Crippen LogP contribution in [0.3, 0.4) is 0 Å². The Morgan fingerprint density at radius 2 is 2.27 bits per heavy atom. The lowest BCUT2D eigenvalue weighted by Gasteiger charge is -2.04. The van der Waals surface area contributed by atoms with Gasteiger partial charge in [-0.25, -0.2) is 5.84 Å². The summed E-state index contributed by atoms with van der Waals surface area (Å²) < 4.78 is 0. The van der Waals surface area contributed by atoms with E-state index in [1.807, 2.05) is 36.8 Å². The number of nitrogens with one attached hydrogen (secondary N) is 1. The van der Waals surface area contributed by atoms with Crippen molar-refractivity contribution in [1.29, 1.82) is 0 Å². The molecule has 3 N–H and O–H groups in total. The van der Waals surface area contributed by atoms with Gasteiger partial charge in [-0.2, -0.15) is 0 Å². The Hall–Kier alpha value is -1.04. The van der Waals surface area contributed by atoms with Crippen molar-refractivity contribution < 1.29 is 9.63 Å². The lowest BCUT2D eigenvalue weighted by molar-refractivity contribution is -0.150. The molecule has 0 saturated heterocycles. The topological polar surface area (TPSA) is 64.3 Å². The first-order chi connectivity index (χ1) is 7.24. The zero-order valence-electron chi connectivity index (χ0n) is 8.53. The first-order valence-electron chi connectivity index (χ1n) is 4.57. The van der Waals surface area contributed by atoms with Crippen LogP contribution in [0.1, 0.15) is 12.0 Å². The first-order valence-corrected chi connectivity index (χ1v) is 5.56. The summed E-state index contributed by atoms with van der Waals surface area (Å²) in [5.41, 5.74) is 3.08. The fourth-order valence-corrected chi connectivity index (χ4v) is 2.04. The van der Waals surface area contributed by atoms with Crippen LogP contribution in [0.2, 0.25) is 0 Å². The lowest BCUT2D eigenvalue weighted by Crippen LogP contribution is -2.26.